The fourth-order valence-electron chi connectivity index (χ4n) is 3.41. The maximum atomic E-state index is 10.5. The largest absolute Gasteiger partial charge is 0.387 e. The molecule has 1 aromatic carbocycles. The fourth-order valence-corrected chi connectivity index (χ4v) is 3.41. The molecule has 0 amide bonds. The first kappa shape index (κ1) is 15.5. The number of nitrogens with zero attached hydrogens (tertiary/aromatic N) is 2. The molecule has 0 aromatic heterocycles. The highest BCUT2D eigenvalue weighted by molar-refractivity contribution is 5.32. The van der Waals surface area contributed by atoms with Gasteiger partial charge in [-0.1, -0.05) is 30.7 Å². The summed E-state index contributed by atoms with van der Waals surface area (Å²) in [6.45, 7) is 9.33. The van der Waals surface area contributed by atoms with Crippen molar-refractivity contribution in [1.82, 2.24) is 9.80 Å². The summed E-state index contributed by atoms with van der Waals surface area (Å²) in [6.07, 6.45) is -0.385. The van der Waals surface area contributed by atoms with Gasteiger partial charge in [-0.2, -0.15) is 0 Å². The molecule has 1 fully saturated rings. The summed E-state index contributed by atoms with van der Waals surface area (Å²) >= 11 is 0. The maximum Gasteiger partial charge on any atom is 0.0919 e. The molecule has 1 N–H and O–H groups in total. The lowest BCUT2D eigenvalue weighted by Gasteiger charge is -2.24. The zero-order chi connectivity index (χ0) is 14.9. The Morgan fingerprint density at radius 3 is 2.55 bits per heavy atom. The smallest absolute Gasteiger partial charge is 0.0919 e. The average molecular weight is 276 g/mol. The van der Waals surface area contributed by atoms with Gasteiger partial charge >= 0.3 is 0 Å². The van der Waals surface area contributed by atoms with Crippen molar-refractivity contribution in [1.29, 1.82) is 0 Å². The molecular weight excluding hydrogens is 248 g/mol. The molecule has 0 bridgehead atoms. The molecule has 3 atom stereocenters. The van der Waals surface area contributed by atoms with Crippen molar-refractivity contribution >= 4 is 0 Å². The number of rotatable bonds is 4. The van der Waals surface area contributed by atoms with Crippen molar-refractivity contribution in [2.24, 2.45) is 5.92 Å². The molecule has 1 saturated heterocycles. The highest BCUT2D eigenvalue weighted by Gasteiger charge is 2.32. The van der Waals surface area contributed by atoms with Crippen LogP contribution in [-0.4, -0.2) is 54.7 Å². The summed E-state index contributed by atoms with van der Waals surface area (Å²) in [5, 5.41) is 10.5. The topological polar surface area (TPSA) is 26.7 Å². The number of aliphatic hydroxyl groups is 1. The normalized spacial score (nSPS) is 25.4. The van der Waals surface area contributed by atoms with Crippen LogP contribution in [0.1, 0.15) is 29.7 Å². The Balaban J connectivity index is 2.00. The van der Waals surface area contributed by atoms with E-state index in [2.05, 4.69) is 62.9 Å². The highest BCUT2D eigenvalue weighted by Crippen LogP contribution is 2.25. The zero-order valence-electron chi connectivity index (χ0n) is 13.4. The van der Waals surface area contributed by atoms with Gasteiger partial charge in [0, 0.05) is 25.7 Å². The Hall–Kier alpha value is -0.900. The van der Waals surface area contributed by atoms with Gasteiger partial charge in [0.25, 0.3) is 0 Å². The second-order valence-electron chi connectivity index (χ2n) is 6.60. The van der Waals surface area contributed by atoms with Crippen molar-refractivity contribution in [2.45, 2.75) is 32.9 Å². The lowest BCUT2D eigenvalue weighted by molar-refractivity contribution is 0.121. The highest BCUT2D eigenvalue weighted by atomic mass is 16.3. The minimum absolute atomic E-state index is 0.385. The van der Waals surface area contributed by atoms with Gasteiger partial charge < -0.3 is 10.0 Å². The molecule has 1 heterocycles. The number of likely N-dealkylation sites (N-methyl/N-ethyl adjacent to an activating group) is 1. The van der Waals surface area contributed by atoms with Gasteiger partial charge in [0.2, 0.25) is 0 Å². The van der Waals surface area contributed by atoms with Crippen LogP contribution in [0.25, 0.3) is 0 Å². The van der Waals surface area contributed by atoms with E-state index >= 15 is 0 Å². The van der Waals surface area contributed by atoms with Gasteiger partial charge in [-0.3, -0.25) is 4.90 Å². The molecule has 0 spiro atoms. The SMILES string of the molecule is Cc1ccc(C(O)CN2CC(C)C(N(C)C)C2)c(C)c1. The summed E-state index contributed by atoms with van der Waals surface area (Å²) in [5.74, 6) is 0.663. The third kappa shape index (κ3) is 3.40. The Kier molecular flexibility index (Phi) is 4.84. The van der Waals surface area contributed by atoms with E-state index in [9.17, 15) is 5.11 Å². The van der Waals surface area contributed by atoms with Crippen molar-refractivity contribution in [3.05, 3.63) is 34.9 Å². The van der Waals surface area contributed by atoms with Gasteiger partial charge in [0.1, 0.15) is 0 Å². The second kappa shape index (κ2) is 6.25. The Labute approximate surface area is 123 Å². The van der Waals surface area contributed by atoms with Crippen LogP contribution in [0.4, 0.5) is 0 Å². The monoisotopic (exact) mass is 276 g/mol. The molecule has 3 heteroatoms. The van der Waals surface area contributed by atoms with E-state index < -0.39 is 0 Å². The van der Waals surface area contributed by atoms with E-state index in [-0.39, 0.29) is 6.10 Å². The van der Waals surface area contributed by atoms with Crippen molar-refractivity contribution in [3.8, 4) is 0 Å². The lowest BCUT2D eigenvalue weighted by atomic mass is 10.0. The quantitative estimate of drug-likeness (QED) is 0.913. The van der Waals surface area contributed by atoms with E-state index in [0.717, 1.165) is 25.2 Å². The van der Waals surface area contributed by atoms with Crippen LogP contribution < -0.4 is 0 Å². The molecule has 0 radical (unpaired) electrons. The minimum atomic E-state index is -0.385. The summed E-state index contributed by atoms with van der Waals surface area (Å²) in [7, 11) is 4.29. The minimum Gasteiger partial charge on any atom is -0.387 e. The average Bonchev–Trinajstić information content (AvgIpc) is 2.70. The summed E-state index contributed by atoms with van der Waals surface area (Å²) in [5.41, 5.74) is 3.51. The van der Waals surface area contributed by atoms with E-state index in [1.807, 2.05) is 0 Å². The van der Waals surface area contributed by atoms with E-state index in [1.54, 1.807) is 0 Å². The van der Waals surface area contributed by atoms with Gasteiger partial charge in [0.05, 0.1) is 6.10 Å². The summed E-state index contributed by atoms with van der Waals surface area (Å²) < 4.78 is 0. The third-order valence-corrected chi connectivity index (χ3v) is 4.53. The Morgan fingerprint density at radius 1 is 1.30 bits per heavy atom. The molecule has 0 aliphatic carbocycles. The van der Waals surface area contributed by atoms with Crippen molar-refractivity contribution in [3.63, 3.8) is 0 Å². The molecule has 3 nitrogen and oxygen atoms in total. The van der Waals surface area contributed by atoms with Crippen LogP contribution in [-0.2, 0) is 0 Å². The van der Waals surface area contributed by atoms with Crippen molar-refractivity contribution in [2.75, 3.05) is 33.7 Å². The number of benzene rings is 1. The number of hydrogen-bond donors (Lipinski definition) is 1. The molecule has 20 heavy (non-hydrogen) atoms. The van der Waals surface area contributed by atoms with Crippen LogP contribution in [0.3, 0.4) is 0 Å². The first-order chi connectivity index (χ1) is 9.38. The van der Waals surface area contributed by atoms with E-state index in [0.29, 0.717) is 12.0 Å². The summed E-state index contributed by atoms with van der Waals surface area (Å²) in [6, 6.07) is 6.90. The van der Waals surface area contributed by atoms with Crippen LogP contribution in [0, 0.1) is 19.8 Å². The van der Waals surface area contributed by atoms with Gasteiger partial charge in [-0.25, -0.2) is 0 Å². The molecular formula is C17H28N2O. The molecule has 1 aliphatic rings. The summed E-state index contributed by atoms with van der Waals surface area (Å²) in [4.78, 5) is 4.69. The molecule has 1 aromatic rings. The first-order valence-corrected chi connectivity index (χ1v) is 7.52. The Bertz CT molecular complexity index is 458. The third-order valence-electron chi connectivity index (χ3n) is 4.53. The van der Waals surface area contributed by atoms with E-state index in [1.165, 1.54) is 11.1 Å². The van der Waals surface area contributed by atoms with Crippen LogP contribution in [0.15, 0.2) is 18.2 Å². The van der Waals surface area contributed by atoms with Crippen LogP contribution in [0.5, 0.6) is 0 Å². The number of aryl methyl sites for hydroxylation is 2. The van der Waals surface area contributed by atoms with Gasteiger partial charge in [0.15, 0.2) is 0 Å². The fraction of sp³-hybridized carbons (Fsp3) is 0.647. The number of aliphatic hydroxyl groups excluding tert-OH is 1. The number of β-amino-alcohol motifs (C(OH)–C–C–N with tert-alkyl or cyclic N) is 1. The first-order valence-electron chi connectivity index (χ1n) is 7.52. The molecule has 112 valence electrons. The molecule has 1 aliphatic heterocycles. The van der Waals surface area contributed by atoms with Gasteiger partial charge in [-0.15, -0.1) is 0 Å². The second-order valence-corrected chi connectivity index (χ2v) is 6.60. The molecule has 2 rings (SSSR count). The molecule has 0 saturated carbocycles. The van der Waals surface area contributed by atoms with Crippen molar-refractivity contribution < 1.29 is 5.11 Å². The number of likely N-dealkylation sites (tertiary alicyclic amines) is 1. The van der Waals surface area contributed by atoms with Gasteiger partial charge in [-0.05, 0) is 45.0 Å². The standard InChI is InChI=1S/C17H28N2O/c1-12-6-7-15(13(2)8-12)17(20)11-19-9-14(3)16(10-19)18(4)5/h6-8,14,16-17,20H,9-11H2,1-5H3. The molecule has 3 unspecified atom stereocenters. The Morgan fingerprint density at radius 2 is 2.00 bits per heavy atom. The van der Waals surface area contributed by atoms with Crippen LogP contribution in [0.2, 0.25) is 0 Å². The zero-order valence-corrected chi connectivity index (χ0v) is 13.4. The predicted molar refractivity (Wildman–Crippen MR) is 84.0 cm³/mol. The van der Waals surface area contributed by atoms with E-state index in [4.69, 9.17) is 0 Å². The maximum absolute atomic E-state index is 10.5. The van der Waals surface area contributed by atoms with Crippen LogP contribution >= 0.6 is 0 Å². The number of hydrogen-bond acceptors (Lipinski definition) is 3. The lowest BCUT2D eigenvalue weighted by Crippen LogP contribution is -2.35. The predicted octanol–water partition coefficient (Wildman–Crippen LogP) is 2.22.